The van der Waals surface area contributed by atoms with Gasteiger partial charge in [-0.15, -0.1) is 0 Å². The second-order valence-corrected chi connectivity index (χ2v) is 4.28. The summed E-state index contributed by atoms with van der Waals surface area (Å²) in [5.41, 5.74) is 1.60. The van der Waals surface area contributed by atoms with Gasteiger partial charge in [-0.25, -0.2) is 0 Å². The molecule has 1 aromatic carbocycles. The summed E-state index contributed by atoms with van der Waals surface area (Å²) < 4.78 is 0. The van der Waals surface area contributed by atoms with Crippen LogP contribution < -0.4 is 0 Å². The van der Waals surface area contributed by atoms with E-state index in [1.165, 1.54) is 7.11 Å². The van der Waals surface area contributed by atoms with Crippen molar-refractivity contribution in [3.63, 3.8) is 0 Å². The van der Waals surface area contributed by atoms with Gasteiger partial charge in [0, 0.05) is 21.5 Å². The molecule has 0 fully saturated rings. The molecule has 0 saturated carbocycles. The standard InChI is InChI=1S/C10H10Cl3NO.C2H6/c1-6(14-15-2)3-8-9(12)4-7(11)5-10(8)13;1-2/h4-5H,3H2,1-2H3;1-2H3/b14-6+;. The van der Waals surface area contributed by atoms with Crippen molar-refractivity contribution in [2.45, 2.75) is 27.2 Å². The Morgan fingerprint density at radius 2 is 1.65 bits per heavy atom. The zero-order valence-corrected chi connectivity index (χ0v) is 12.6. The van der Waals surface area contributed by atoms with Crippen LogP contribution in [-0.2, 0) is 11.3 Å². The minimum atomic E-state index is 0.523. The Kier molecular flexibility index (Phi) is 8.40. The fourth-order valence-electron chi connectivity index (χ4n) is 1.18. The van der Waals surface area contributed by atoms with Crippen molar-refractivity contribution < 1.29 is 4.84 Å². The second-order valence-electron chi connectivity index (χ2n) is 3.03. The highest BCUT2D eigenvalue weighted by atomic mass is 35.5. The van der Waals surface area contributed by atoms with Crippen LogP contribution in [0.4, 0.5) is 0 Å². The van der Waals surface area contributed by atoms with Crippen molar-refractivity contribution in [3.05, 3.63) is 32.8 Å². The first kappa shape index (κ1) is 16.6. The van der Waals surface area contributed by atoms with E-state index in [1.807, 2.05) is 20.8 Å². The van der Waals surface area contributed by atoms with Gasteiger partial charge in [0.1, 0.15) is 7.11 Å². The van der Waals surface area contributed by atoms with Crippen LogP contribution in [0.25, 0.3) is 0 Å². The predicted octanol–water partition coefficient (Wildman–Crippen LogP) is 5.24. The van der Waals surface area contributed by atoms with Crippen molar-refractivity contribution in [2.75, 3.05) is 7.11 Å². The summed E-state index contributed by atoms with van der Waals surface area (Å²) in [4.78, 5) is 4.66. The lowest BCUT2D eigenvalue weighted by Crippen LogP contribution is -2.00. The van der Waals surface area contributed by atoms with E-state index in [9.17, 15) is 0 Å². The highest BCUT2D eigenvalue weighted by Crippen LogP contribution is 2.29. The first-order valence-corrected chi connectivity index (χ1v) is 6.38. The van der Waals surface area contributed by atoms with Gasteiger partial charge in [-0.05, 0) is 24.6 Å². The molecule has 0 aliphatic carbocycles. The van der Waals surface area contributed by atoms with Crippen LogP contribution in [0.1, 0.15) is 26.3 Å². The van der Waals surface area contributed by atoms with E-state index in [4.69, 9.17) is 34.8 Å². The molecule has 1 aromatic rings. The van der Waals surface area contributed by atoms with E-state index in [2.05, 4.69) is 9.99 Å². The first-order chi connectivity index (χ1) is 8.04. The maximum absolute atomic E-state index is 6.01. The summed E-state index contributed by atoms with van der Waals surface area (Å²) >= 11 is 17.8. The van der Waals surface area contributed by atoms with Gasteiger partial charge < -0.3 is 4.84 Å². The maximum atomic E-state index is 6.01. The number of hydrogen-bond donors (Lipinski definition) is 0. The normalized spacial score (nSPS) is 10.6. The Hall–Kier alpha value is -0.440. The van der Waals surface area contributed by atoms with Crippen molar-refractivity contribution >= 4 is 40.5 Å². The molecule has 0 spiro atoms. The number of nitrogens with zero attached hydrogens (tertiary/aromatic N) is 1. The van der Waals surface area contributed by atoms with Crippen molar-refractivity contribution in [1.29, 1.82) is 0 Å². The molecule has 0 aliphatic heterocycles. The summed E-state index contributed by atoms with van der Waals surface area (Å²) in [7, 11) is 1.49. The molecule has 0 unspecified atom stereocenters. The molecule has 17 heavy (non-hydrogen) atoms. The lowest BCUT2D eigenvalue weighted by atomic mass is 10.1. The molecule has 0 heterocycles. The molecule has 0 aliphatic rings. The number of benzene rings is 1. The van der Waals surface area contributed by atoms with E-state index in [1.54, 1.807) is 12.1 Å². The second kappa shape index (κ2) is 8.62. The van der Waals surface area contributed by atoms with Crippen LogP contribution in [0, 0.1) is 0 Å². The van der Waals surface area contributed by atoms with Crippen molar-refractivity contribution in [3.8, 4) is 0 Å². The summed E-state index contributed by atoms with van der Waals surface area (Å²) in [5, 5.41) is 5.39. The third-order valence-corrected chi connectivity index (χ3v) is 2.68. The van der Waals surface area contributed by atoms with Gasteiger partial charge in [0.15, 0.2) is 0 Å². The molecule has 0 N–H and O–H groups in total. The predicted molar refractivity (Wildman–Crippen MR) is 76.6 cm³/mol. The van der Waals surface area contributed by atoms with Crippen molar-refractivity contribution in [1.82, 2.24) is 0 Å². The highest BCUT2D eigenvalue weighted by molar-refractivity contribution is 6.39. The number of halogens is 3. The molecule has 0 aromatic heterocycles. The molecule has 96 valence electrons. The van der Waals surface area contributed by atoms with Crippen LogP contribution in [-0.4, -0.2) is 12.8 Å². The maximum Gasteiger partial charge on any atom is 0.106 e. The Balaban J connectivity index is 0.00000121. The van der Waals surface area contributed by atoms with E-state index in [0.29, 0.717) is 21.5 Å². The lowest BCUT2D eigenvalue weighted by molar-refractivity contribution is 0.212. The summed E-state index contributed by atoms with van der Waals surface area (Å²) in [6.45, 7) is 5.84. The molecule has 5 heteroatoms. The number of oxime groups is 1. The quantitative estimate of drug-likeness (QED) is 0.552. The Bertz CT molecular complexity index is 368. The van der Waals surface area contributed by atoms with Gasteiger partial charge in [-0.2, -0.15) is 0 Å². The molecule has 0 radical (unpaired) electrons. The monoisotopic (exact) mass is 295 g/mol. The molecular formula is C12H16Cl3NO. The minimum absolute atomic E-state index is 0.523. The van der Waals surface area contributed by atoms with Crippen LogP contribution in [0.5, 0.6) is 0 Å². The topological polar surface area (TPSA) is 21.6 Å². The highest BCUT2D eigenvalue weighted by Gasteiger charge is 2.09. The van der Waals surface area contributed by atoms with Crippen molar-refractivity contribution in [2.24, 2.45) is 5.16 Å². The molecule has 2 nitrogen and oxygen atoms in total. The van der Waals surface area contributed by atoms with Gasteiger partial charge in [-0.1, -0.05) is 53.8 Å². The largest absolute Gasteiger partial charge is 0.399 e. The van der Waals surface area contributed by atoms with E-state index < -0.39 is 0 Å². The fourth-order valence-corrected chi connectivity index (χ4v) is 2.14. The van der Waals surface area contributed by atoms with Gasteiger partial charge in [0.25, 0.3) is 0 Å². The van der Waals surface area contributed by atoms with Crippen LogP contribution in [0.2, 0.25) is 15.1 Å². The van der Waals surface area contributed by atoms with Gasteiger partial charge in [-0.3, -0.25) is 0 Å². The molecular weight excluding hydrogens is 280 g/mol. The minimum Gasteiger partial charge on any atom is -0.399 e. The number of rotatable bonds is 3. The van der Waals surface area contributed by atoms with Crippen LogP contribution in [0.15, 0.2) is 17.3 Å². The first-order valence-electron chi connectivity index (χ1n) is 5.24. The molecule has 0 atom stereocenters. The van der Waals surface area contributed by atoms with Crippen LogP contribution >= 0.6 is 34.8 Å². The smallest absolute Gasteiger partial charge is 0.106 e. The third kappa shape index (κ3) is 5.62. The van der Waals surface area contributed by atoms with Gasteiger partial charge in [0.05, 0.1) is 5.71 Å². The van der Waals surface area contributed by atoms with Gasteiger partial charge >= 0.3 is 0 Å². The third-order valence-electron chi connectivity index (χ3n) is 1.79. The van der Waals surface area contributed by atoms with Gasteiger partial charge in [0.2, 0.25) is 0 Å². The van der Waals surface area contributed by atoms with E-state index in [0.717, 1.165) is 11.3 Å². The average Bonchev–Trinajstić information content (AvgIpc) is 2.26. The average molecular weight is 297 g/mol. The Morgan fingerprint density at radius 3 is 2.06 bits per heavy atom. The number of hydrogen-bond acceptors (Lipinski definition) is 2. The summed E-state index contributed by atoms with van der Waals surface area (Å²) in [6, 6.07) is 3.31. The fraction of sp³-hybridized carbons (Fsp3) is 0.417. The molecule has 1 rings (SSSR count). The molecule has 0 saturated heterocycles. The molecule has 0 amide bonds. The van der Waals surface area contributed by atoms with E-state index >= 15 is 0 Å². The van der Waals surface area contributed by atoms with E-state index in [-0.39, 0.29) is 0 Å². The lowest BCUT2D eigenvalue weighted by Gasteiger charge is -2.06. The SMILES string of the molecule is CC.CO/N=C(\C)Cc1c(Cl)cc(Cl)cc1Cl. The Labute approximate surface area is 117 Å². The zero-order valence-electron chi connectivity index (χ0n) is 10.4. The Morgan fingerprint density at radius 1 is 1.18 bits per heavy atom. The zero-order chi connectivity index (χ0) is 13.4. The summed E-state index contributed by atoms with van der Waals surface area (Å²) in [5.74, 6) is 0. The summed E-state index contributed by atoms with van der Waals surface area (Å²) in [6.07, 6.45) is 0.544. The molecule has 0 bridgehead atoms. The van der Waals surface area contributed by atoms with Crippen LogP contribution in [0.3, 0.4) is 0 Å².